The van der Waals surface area contributed by atoms with Gasteiger partial charge in [0, 0.05) is 50.4 Å². The third kappa shape index (κ3) is 3.83. The van der Waals surface area contributed by atoms with Gasteiger partial charge in [-0.05, 0) is 24.6 Å². The van der Waals surface area contributed by atoms with Crippen molar-refractivity contribution in [2.75, 3.05) is 26.2 Å². The number of rotatable bonds is 4. The fourth-order valence-electron chi connectivity index (χ4n) is 3.30. The molecule has 1 fully saturated rings. The predicted octanol–water partition coefficient (Wildman–Crippen LogP) is 1.70. The van der Waals surface area contributed by atoms with Crippen LogP contribution in [0.3, 0.4) is 0 Å². The van der Waals surface area contributed by atoms with E-state index in [1.54, 1.807) is 34.1 Å². The summed E-state index contributed by atoms with van der Waals surface area (Å²) >= 11 is 1.37. The average molecular weight is 448 g/mol. The van der Waals surface area contributed by atoms with Crippen LogP contribution in [-0.4, -0.2) is 69.6 Å². The first-order valence-electron chi connectivity index (χ1n) is 9.29. The number of aromatic nitrogens is 3. The molecule has 1 saturated heterocycles. The van der Waals surface area contributed by atoms with E-state index in [1.165, 1.54) is 27.8 Å². The molecule has 3 heterocycles. The maximum absolute atomic E-state index is 12.9. The van der Waals surface area contributed by atoms with Crippen molar-refractivity contribution in [1.82, 2.24) is 24.0 Å². The second kappa shape index (κ2) is 7.82. The van der Waals surface area contributed by atoms with Gasteiger partial charge in [-0.15, -0.1) is 11.3 Å². The second-order valence-corrected chi connectivity index (χ2v) is 9.87. The first-order chi connectivity index (χ1) is 14.3. The van der Waals surface area contributed by atoms with Crippen LogP contribution < -0.4 is 0 Å². The number of aryl methyl sites for hydroxylation is 2. The van der Waals surface area contributed by atoms with Crippen LogP contribution in [0.1, 0.15) is 16.1 Å². The smallest absolute Gasteiger partial charge is 0.273 e. The van der Waals surface area contributed by atoms with Crippen LogP contribution in [0, 0.1) is 6.92 Å². The first-order valence-corrected chi connectivity index (χ1v) is 11.6. The molecule has 0 unspecified atom stereocenters. The summed E-state index contributed by atoms with van der Waals surface area (Å²) in [6, 6.07) is 4.49. The molecule has 158 valence electrons. The highest BCUT2D eigenvalue weighted by Crippen LogP contribution is 2.28. The summed E-state index contributed by atoms with van der Waals surface area (Å²) in [5.74, 6) is -0.499. The van der Waals surface area contributed by atoms with E-state index in [9.17, 15) is 18.3 Å². The van der Waals surface area contributed by atoms with Gasteiger partial charge in [0.1, 0.15) is 21.3 Å². The number of hydrogen-bond donors (Lipinski definition) is 1. The zero-order chi connectivity index (χ0) is 21.5. The van der Waals surface area contributed by atoms with E-state index in [-0.39, 0.29) is 42.7 Å². The van der Waals surface area contributed by atoms with Crippen molar-refractivity contribution >= 4 is 27.3 Å². The van der Waals surface area contributed by atoms with Crippen molar-refractivity contribution in [2.24, 2.45) is 7.05 Å². The lowest BCUT2D eigenvalue weighted by molar-refractivity contribution is 0.0692. The summed E-state index contributed by atoms with van der Waals surface area (Å²) < 4.78 is 28.8. The molecule has 11 heteroatoms. The average Bonchev–Trinajstić information content (AvgIpc) is 3.38. The second-order valence-electron chi connectivity index (χ2n) is 7.11. The number of sulfonamides is 1. The van der Waals surface area contributed by atoms with Gasteiger partial charge in [-0.1, -0.05) is 6.07 Å². The highest BCUT2D eigenvalue weighted by atomic mass is 32.2. The van der Waals surface area contributed by atoms with Crippen LogP contribution in [0.2, 0.25) is 0 Å². The highest BCUT2D eigenvalue weighted by Gasteiger charge is 2.32. The molecule has 1 aliphatic rings. The third-order valence-electron chi connectivity index (χ3n) is 4.93. The Labute approximate surface area is 178 Å². The first kappa shape index (κ1) is 20.5. The molecule has 0 atom stereocenters. The van der Waals surface area contributed by atoms with Crippen LogP contribution in [-0.2, 0) is 17.1 Å². The number of amides is 1. The summed E-state index contributed by atoms with van der Waals surface area (Å²) in [5, 5.41) is 16.5. The lowest BCUT2D eigenvalue weighted by atomic mass is 10.2. The Morgan fingerprint density at radius 2 is 1.93 bits per heavy atom. The van der Waals surface area contributed by atoms with Crippen LogP contribution in [0.5, 0.6) is 5.75 Å². The molecule has 4 rings (SSSR count). The molecule has 0 saturated carbocycles. The maximum atomic E-state index is 12.9. The summed E-state index contributed by atoms with van der Waals surface area (Å²) in [5.41, 5.74) is 1.93. The number of phenolic OH excluding ortho intramolecular Hbond substituents is 1. The number of hydrogen-bond acceptors (Lipinski definition) is 7. The molecule has 0 radical (unpaired) electrons. The molecule has 0 aliphatic carbocycles. The van der Waals surface area contributed by atoms with Gasteiger partial charge < -0.3 is 10.0 Å². The topological polar surface area (TPSA) is 109 Å². The number of phenols is 1. The van der Waals surface area contributed by atoms with Gasteiger partial charge in [-0.2, -0.15) is 9.40 Å². The van der Waals surface area contributed by atoms with E-state index >= 15 is 0 Å². The minimum atomic E-state index is -3.84. The van der Waals surface area contributed by atoms with E-state index in [1.807, 2.05) is 13.2 Å². The third-order valence-corrected chi connectivity index (χ3v) is 7.75. The van der Waals surface area contributed by atoms with Gasteiger partial charge in [0.15, 0.2) is 0 Å². The largest absolute Gasteiger partial charge is 0.507 e. The number of thiazole rings is 1. The van der Waals surface area contributed by atoms with E-state index in [0.29, 0.717) is 10.7 Å². The van der Waals surface area contributed by atoms with Gasteiger partial charge in [-0.3, -0.25) is 9.48 Å². The molecule has 9 nitrogen and oxygen atoms in total. The van der Waals surface area contributed by atoms with Gasteiger partial charge in [0.2, 0.25) is 10.0 Å². The van der Waals surface area contributed by atoms with Crippen molar-refractivity contribution in [3.8, 4) is 16.3 Å². The number of benzene rings is 1. The molecular weight excluding hydrogens is 426 g/mol. The van der Waals surface area contributed by atoms with E-state index in [4.69, 9.17) is 0 Å². The lowest BCUT2D eigenvalue weighted by Gasteiger charge is -2.33. The fourth-order valence-corrected chi connectivity index (χ4v) is 5.66. The fraction of sp³-hybridized carbons (Fsp3) is 0.316. The van der Waals surface area contributed by atoms with Crippen molar-refractivity contribution in [3.63, 3.8) is 0 Å². The number of aromatic hydroxyl groups is 1. The Morgan fingerprint density at radius 3 is 2.60 bits per heavy atom. The molecule has 0 bridgehead atoms. The molecular formula is C19H21N5O4S2. The van der Waals surface area contributed by atoms with Gasteiger partial charge in [-0.25, -0.2) is 13.4 Å². The van der Waals surface area contributed by atoms with Crippen molar-refractivity contribution < 1.29 is 18.3 Å². The normalized spacial score (nSPS) is 15.5. The molecule has 2 aromatic heterocycles. The molecule has 0 spiro atoms. The van der Waals surface area contributed by atoms with Gasteiger partial charge >= 0.3 is 0 Å². The quantitative estimate of drug-likeness (QED) is 0.652. The van der Waals surface area contributed by atoms with Crippen LogP contribution in [0.25, 0.3) is 10.6 Å². The molecule has 1 aromatic carbocycles. The highest BCUT2D eigenvalue weighted by molar-refractivity contribution is 7.89. The predicted molar refractivity (Wildman–Crippen MR) is 112 cm³/mol. The van der Waals surface area contributed by atoms with Crippen molar-refractivity contribution in [3.05, 3.63) is 47.2 Å². The Morgan fingerprint density at radius 1 is 1.20 bits per heavy atom. The van der Waals surface area contributed by atoms with E-state index in [2.05, 4.69) is 10.1 Å². The van der Waals surface area contributed by atoms with Crippen LogP contribution in [0.15, 0.2) is 40.9 Å². The number of carbonyl (C=O) groups excluding carboxylic acids is 1. The molecule has 1 N–H and O–H groups in total. The van der Waals surface area contributed by atoms with Crippen molar-refractivity contribution in [2.45, 2.75) is 11.8 Å². The summed E-state index contributed by atoms with van der Waals surface area (Å²) in [7, 11) is -2.02. The summed E-state index contributed by atoms with van der Waals surface area (Å²) in [6.07, 6.45) is 3.52. The lowest BCUT2D eigenvalue weighted by Crippen LogP contribution is -2.50. The SMILES string of the molecule is Cc1ccc(O)c(S(=O)(=O)N2CCN(C(=O)c3csc(-c4cnn(C)c4)n3)CC2)c1. The van der Waals surface area contributed by atoms with Crippen LogP contribution in [0.4, 0.5) is 0 Å². The zero-order valence-corrected chi connectivity index (χ0v) is 18.2. The Kier molecular flexibility index (Phi) is 5.35. The Bertz CT molecular complexity index is 1190. The summed E-state index contributed by atoms with van der Waals surface area (Å²) in [6.45, 7) is 2.58. The maximum Gasteiger partial charge on any atom is 0.273 e. The molecule has 1 amide bonds. The Balaban J connectivity index is 1.45. The van der Waals surface area contributed by atoms with Gasteiger partial charge in [0.05, 0.1) is 6.20 Å². The van der Waals surface area contributed by atoms with Crippen molar-refractivity contribution in [1.29, 1.82) is 0 Å². The minimum absolute atomic E-state index is 0.108. The minimum Gasteiger partial charge on any atom is -0.507 e. The number of carbonyl (C=O) groups is 1. The van der Waals surface area contributed by atoms with E-state index < -0.39 is 10.0 Å². The monoisotopic (exact) mass is 447 g/mol. The number of nitrogens with zero attached hydrogens (tertiary/aromatic N) is 5. The molecule has 30 heavy (non-hydrogen) atoms. The standard InChI is InChI=1S/C19H21N5O4S2/c1-13-3-4-16(25)17(9-13)30(27,28)24-7-5-23(6-8-24)19(26)15-12-29-18(21-15)14-10-20-22(2)11-14/h3-4,9-12,25H,5-8H2,1-2H3. The van der Waals surface area contributed by atoms with Crippen LogP contribution >= 0.6 is 11.3 Å². The van der Waals surface area contributed by atoms with Gasteiger partial charge in [0.25, 0.3) is 5.91 Å². The number of piperazine rings is 1. The molecule has 3 aromatic rings. The summed E-state index contributed by atoms with van der Waals surface area (Å²) in [4.78, 5) is 18.7. The zero-order valence-electron chi connectivity index (χ0n) is 16.5. The van der Waals surface area contributed by atoms with E-state index in [0.717, 1.165) is 11.1 Å². The molecule has 1 aliphatic heterocycles. The Hall–Kier alpha value is -2.76.